The van der Waals surface area contributed by atoms with E-state index in [1.54, 1.807) is 13.0 Å². The molecule has 0 aliphatic carbocycles. The van der Waals surface area contributed by atoms with Gasteiger partial charge in [0.25, 0.3) is 17.7 Å². The van der Waals surface area contributed by atoms with Crippen LogP contribution < -0.4 is 34.5 Å². The summed E-state index contributed by atoms with van der Waals surface area (Å²) in [4.78, 5) is 52.1. The summed E-state index contributed by atoms with van der Waals surface area (Å²) < 4.78 is 35.4. The van der Waals surface area contributed by atoms with Crippen molar-refractivity contribution in [1.29, 1.82) is 0 Å². The Hall–Kier alpha value is -5.10. The molecule has 0 radical (unpaired) electrons. The number of halogens is 2. The Kier molecular flexibility index (Phi) is 10.4. The molecule has 11 nitrogen and oxygen atoms in total. The summed E-state index contributed by atoms with van der Waals surface area (Å²) in [6.45, 7) is 3.87. The number of nitrogens with one attached hydrogen (secondary N) is 2. The van der Waals surface area contributed by atoms with E-state index in [-0.39, 0.29) is 40.0 Å². The van der Waals surface area contributed by atoms with E-state index in [1.165, 1.54) is 61.7 Å². The van der Waals surface area contributed by atoms with Crippen molar-refractivity contribution < 1.29 is 42.5 Å². The number of hydrogen-bond donors (Lipinski definition) is 2. The molecule has 1 saturated heterocycles. The number of ether oxygens (including phenoxy) is 4. The lowest BCUT2D eigenvalue weighted by Crippen LogP contribution is -2.54. The van der Waals surface area contributed by atoms with Crippen LogP contribution in [0.2, 0.25) is 5.02 Å². The van der Waals surface area contributed by atoms with Crippen molar-refractivity contribution in [2.75, 3.05) is 37.1 Å². The number of imide groups is 2. The van der Waals surface area contributed by atoms with Crippen LogP contribution in [0.1, 0.15) is 25.8 Å². The molecule has 0 atom stereocenters. The van der Waals surface area contributed by atoms with Gasteiger partial charge in [-0.3, -0.25) is 19.7 Å². The Labute approximate surface area is 257 Å². The molecule has 2 N–H and O–H groups in total. The number of urea groups is 1. The first kappa shape index (κ1) is 31.8. The van der Waals surface area contributed by atoms with Gasteiger partial charge >= 0.3 is 6.03 Å². The Morgan fingerprint density at radius 2 is 1.73 bits per heavy atom. The zero-order chi connectivity index (χ0) is 31.8. The number of benzene rings is 3. The Balaban J connectivity index is 1.58. The van der Waals surface area contributed by atoms with Gasteiger partial charge in [0.05, 0.1) is 31.0 Å². The first-order valence-electron chi connectivity index (χ1n) is 13.5. The highest BCUT2D eigenvalue weighted by Gasteiger charge is 2.37. The van der Waals surface area contributed by atoms with Crippen LogP contribution in [-0.2, 0) is 14.4 Å². The lowest BCUT2D eigenvalue weighted by molar-refractivity contribution is -0.122. The minimum Gasteiger partial charge on any atom is -0.493 e. The number of carbonyl (C=O) groups is 4. The van der Waals surface area contributed by atoms with E-state index in [0.29, 0.717) is 23.8 Å². The molecule has 0 aromatic heterocycles. The maximum Gasteiger partial charge on any atom is 0.335 e. The first-order valence-corrected chi connectivity index (χ1v) is 13.9. The highest BCUT2D eigenvalue weighted by molar-refractivity contribution is 6.39. The molecule has 1 aliphatic rings. The average molecular weight is 626 g/mol. The topological polar surface area (TPSA) is 132 Å². The number of anilines is 2. The zero-order valence-electron chi connectivity index (χ0n) is 24.1. The molecule has 0 unspecified atom stereocenters. The number of carbonyl (C=O) groups excluding carboxylic acids is 4. The fourth-order valence-corrected chi connectivity index (χ4v) is 4.40. The summed E-state index contributed by atoms with van der Waals surface area (Å²) in [6, 6.07) is 11.7. The monoisotopic (exact) mass is 625 g/mol. The van der Waals surface area contributed by atoms with Crippen molar-refractivity contribution in [3.63, 3.8) is 0 Å². The van der Waals surface area contributed by atoms with Gasteiger partial charge < -0.3 is 24.3 Å². The lowest BCUT2D eigenvalue weighted by atomic mass is 10.1. The fourth-order valence-electron chi connectivity index (χ4n) is 4.13. The second kappa shape index (κ2) is 14.4. The summed E-state index contributed by atoms with van der Waals surface area (Å²) >= 11 is 6.47. The van der Waals surface area contributed by atoms with Crippen molar-refractivity contribution >= 4 is 52.8 Å². The van der Waals surface area contributed by atoms with Crippen molar-refractivity contribution in [3.05, 3.63) is 76.6 Å². The molecule has 1 fully saturated rings. The molecule has 3 aromatic carbocycles. The van der Waals surface area contributed by atoms with Crippen LogP contribution in [0.25, 0.3) is 6.08 Å². The zero-order valence-corrected chi connectivity index (χ0v) is 24.8. The van der Waals surface area contributed by atoms with E-state index >= 15 is 0 Å². The molecule has 4 rings (SSSR count). The van der Waals surface area contributed by atoms with Gasteiger partial charge in [0.1, 0.15) is 11.4 Å². The third kappa shape index (κ3) is 7.45. The molecular weight excluding hydrogens is 597 g/mol. The van der Waals surface area contributed by atoms with E-state index in [9.17, 15) is 23.6 Å². The molecule has 13 heteroatoms. The maximum absolute atomic E-state index is 13.5. The van der Waals surface area contributed by atoms with Crippen LogP contribution in [0.4, 0.5) is 20.6 Å². The number of amides is 5. The van der Waals surface area contributed by atoms with Crippen LogP contribution in [0.5, 0.6) is 23.0 Å². The normalized spacial score (nSPS) is 13.9. The maximum atomic E-state index is 13.5. The quantitative estimate of drug-likeness (QED) is 0.203. The number of nitrogens with zero attached hydrogens (tertiary/aromatic N) is 1. The second-order valence-electron chi connectivity index (χ2n) is 9.25. The largest absolute Gasteiger partial charge is 0.493 e. The molecule has 5 amide bonds. The van der Waals surface area contributed by atoms with Crippen molar-refractivity contribution in [1.82, 2.24) is 5.32 Å². The molecule has 1 aliphatic heterocycles. The molecule has 0 bridgehead atoms. The van der Waals surface area contributed by atoms with E-state index in [0.717, 1.165) is 11.3 Å². The molecule has 3 aromatic rings. The standard InChI is InChI=1S/C31H29ClFN3O8/c1-4-12-43-24-11-10-21(16-25(24)41-3)36-30(39)22(29(38)35-31(36)40)13-18-14-23(32)28(26(15-18)42-5-2)44-17-27(37)34-20-8-6-19(33)7-9-20/h6-11,13-16H,4-5,12,17H2,1-3H3,(H,34,37)(H,35,38,40)/b22-13-. The number of hydrogen-bond acceptors (Lipinski definition) is 8. The van der Waals surface area contributed by atoms with Gasteiger partial charge in [-0.2, -0.15) is 0 Å². The van der Waals surface area contributed by atoms with Gasteiger partial charge in [-0.05, 0) is 73.5 Å². The number of barbiturate groups is 1. The molecular formula is C31H29ClFN3O8. The predicted octanol–water partition coefficient (Wildman–Crippen LogP) is 5.36. The van der Waals surface area contributed by atoms with Crippen molar-refractivity contribution in [2.45, 2.75) is 20.3 Å². The molecule has 0 spiro atoms. The summed E-state index contributed by atoms with van der Waals surface area (Å²) in [6.07, 6.45) is 2.02. The second-order valence-corrected chi connectivity index (χ2v) is 9.66. The molecule has 1 heterocycles. The summed E-state index contributed by atoms with van der Waals surface area (Å²) in [5.41, 5.74) is 0.471. The van der Waals surface area contributed by atoms with Crippen LogP contribution in [0.3, 0.4) is 0 Å². The fraction of sp³-hybridized carbons (Fsp3) is 0.226. The minimum atomic E-state index is -0.933. The van der Waals surface area contributed by atoms with Gasteiger partial charge in [-0.1, -0.05) is 18.5 Å². The summed E-state index contributed by atoms with van der Waals surface area (Å²) in [7, 11) is 1.43. The Bertz CT molecular complexity index is 1610. The van der Waals surface area contributed by atoms with E-state index in [1.807, 2.05) is 6.92 Å². The number of rotatable bonds is 12. The van der Waals surface area contributed by atoms with Gasteiger partial charge in [0.15, 0.2) is 29.6 Å². The van der Waals surface area contributed by atoms with Crippen LogP contribution >= 0.6 is 11.6 Å². The summed E-state index contributed by atoms with van der Waals surface area (Å²) in [5, 5.41) is 4.77. The van der Waals surface area contributed by atoms with Crippen LogP contribution in [0, 0.1) is 5.82 Å². The molecule has 44 heavy (non-hydrogen) atoms. The van der Waals surface area contributed by atoms with Crippen molar-refractivity contribution in [2.24, 2.45) is 0 Å². The summed E-state index contributed by atoms with van der Waals surface area (Å²) in [5.74, 6) is -1.83. The number of methoxy groups -OCH3 is 1. The van der Waals surface area contributed by atoms with Gasteiger partial charge in [0.2, 0.25) is 0 Å². The van der Waals surface area contributed by atoms with Crippen LogP contribution in [0.15, 0.2) is 60.2 Å². The first-order chi connectivity index (χ1) is 21.1. The van der Waals surface area contributed by atoms with E-state index in [2.05, 4.69) is 10.6 Å². The average Bonchev–Trinajstić information content (AvgIpc) is 2.99. The highest BCUT2D eigenvalue weighted by Crippen LogP contribution is 2.38. The minimum absolute atomic E-state index is 0.0291. The van der Waals surface area contributed by atoms with Crippen LogP contribution in [-0.4, -0.2) is 50.7 Å². The third-order valence-electron chi connectivity index (χ3n) is 6.09. The van der Waals surface area contributed by atoms with Gasteiger partial charge in [-0.15, -0.1) is 0 Å². The lowest BCUT2D eigenvalue weighted by Gasteiger charge is -2.27. The van der Waals surface area contributed by atoms with Crippen molar-refractivity contribution in [3.8, 4) is 23.0 Å². The van der Waals surface area contributed by atoms with E-state index < -0.39 is 36.2 Å². The Morgan fingerprint density at radius 1 is 0.977 bits per heavy atom. The highest BCUT2D eigenvalue weighted by atomic mass is 35.5. The molecule has 0 saturated carbocycles. The predicted molar refractivity (Wildman–Crippen MR) is 161 cm³/mol. The van der Waals surface area contributed by atoms with Gasteiger partial charge in [0, 0.05) is 11.8 Å². The van der Waals surface area contributed by atoms with Gasteiger partial charge in [-0.25, -0.2) is 14.1 Å². The van der Waals surface area contributed by atoms with E-state index in [4.69, 9.17) is 30.5 Å². The SMILES string of the molecule is CCCOc1ccc(N2C(=O)NC(=O)/C(=C/c3cc(Cl)c(OCC(=O)Nc4ccc(F)cc4)c(OCC)c3)C2=O)cc1OC. The Morgan fingerprint density at radius 3 is 2.41 bits per heavy atom. The molecule has 230 valence electrons. The smallest absolute Gasteiger partial charge is 0.335 e. The third-order valence-corrected chi connectivity index (χ3v) is 6.37.